The van der Waals surface area contributed by atoms with Gasteiger partial charge in [0.05, 0.1) is 13.3 Å². The molecule has 172 valence electrons. The van der Waals surface area contributed by atoms with Crippen LogP contribution in [0, 0.1) is 0 Å². The van der Waals surface area contributed by atoms with E-state index in [-0.39, 0.29) is 12.0 Å². The first kappa shape index (κ1) is 22.7. The van der Waals surface area contributed by atoms with E-state index >= 15 is 0 Å². The maximum atomic E-state index is 12.0. The van der Waals surface area contributed by atoms with Gasteiger partial charge in [0, 0.05) is 18.3 Å². The number of benzene rings is 1. The van der Waals surface area contributed by atoms with Crippen LogP contribution in [0.3, 0.4) is 0 Å². The van der Waals surface area contributed by atoms with Crippen molar-refractivity contribution in [2.24, 2.45) is 0 Å². The fourth-order valence-corrected chi connectivity index (χ4v) is 3.84. The minimum atomic E-state index is -0.173. The van der Waals surface area contributed by atoms with Gasteiger partial charge in [0.25, 0.3) is 0 Å². The van der Waals surface area contributed by atoms with Crippen molar-refractivity contribution in [3.8, 4) is 28.7 Å². The number of likely N-dealkylation sites (tertiary alicyclic amines) is 1. The highest BCUT2D eigenvalue weighted by atomic mass is 16.5. The number of nitrogens with zero attached hydrogens (tertiary/aromatic N) is 3. The number of oxazole rings is 1. The fourth-order valence-electron chi connectivity index (χ4n) is 3.84. The van der Waals surface area contributed by atoms with Gasteiger partial charge in [-0.05, 0) is 75.2 Å². The van der Waals surface area contributed by atoms with Crippen LogP contribution < -0.4 is 4.74 Å². The lowest BCUT2D eigenvalue weighted by atomic mass is 10.2. The summed E-state index contributed by atoms with van der Waals surface area (Å²) in [6.07, 6.45) is 7.38. The molecule has 1 aliphatic rings. The maximum Gasteiger partial charge on any atom is 0.323 e. The van der Waals surface area contributed by atoms with Gasteiger partial charge in [-0.25, -0.2) is 4.98 Å². The molecule has 0 radical (unpaired) electrons. The summed E-state index contributed by atoms with van der Waals surface area (Å²) < 4.78 is 16.6. The number of carbonyl (C=O) groups is 1. The van der Waals surface area contributed by atoms with E-state index in [2.05, 4.69) is 14.9 Å². The molecule has 0 spiro atoms. The first-order valence-corrected chi connectivity index (χ1v) is 11.1. The van der Waals surface area contributed by atoms with E-state index in [0.717, 1.165) is 36.3 Å². The third kappa shape index (κ3) is 5.68. The van der Waals surface area contributed by atoms with Crippen molar-refractivity contribution in [2.75, 3.05) is 20.3 Å². The van der Waals surface area contributed by atoms with Crippen LogP contribution in [0.1, 0.15) is 32.3 Å². The molecule has 3 aromatic rings. The number of allylic oxidation sites excluding steroid dienone is 1. The predicted molar refractivity (Wildman–Crippen MR) is 126 cm³/mol. The molecule has 4 rings (SSSR count). The minimum Gasteiger partial charge on any atom is -0.490 e. The highest BCUT2D eigenvalue weighted by Crippen LogP contribution is 2.27. The summed E-state index contributed by atoms with van der Waals surface area (Å²) in [5.74, 6) is 1.77. The Kier molecular flexibility index (Phi) is 7.19. The van der Waals surface area contributed by atoms with Gasteiger partial charge in [-0.2, -0.15) is 0 Å². The van der Waals surface area contributed by atoms with Crippen LogP contribution in [-0.4, -0.2) is 47.1 Å². The molecule has 0 aliphatic carbocycles. The molecule has 0 amide bonds. The summed E-state index contributed by atoms with van der Waals surface area (Å²) in [5, 5.41) is 0. The van der Waals surface area contributed by atoms with Crippen molar-refractivity contribution in [3.63, 3.8) is 0 Å². The van der Waals surface area contributed by atoms with Crippen LogP contribution in [-0.2, 0) is 16.1 Å². The van der Waals surface area contributed by atoms with Crippen molar-refractivity contribution >= 4 is 5.97 Å². The van der Waals surface area contributed by atoms with Gasteiger partial charge in [0.15, 0.2) is 5.76 Å². The van der Waals surface area contributed by atoms with Crippen LogP contribution >= 0.6 is 0 Å². The Hall–Kier alpha value is -3.45. The molecule has 7 nitrogen and oxygen atoms in total. The van der Waals surface area contributed by atoms with Gasteiger partial charge >= 0.3 is 5.97 Å². The van der Waals surface area contributed by atoms with Crippen LogP contribution in [0.15, 0.2) is 64.9 Å². The number of carbonyl (C=O) groups excluding carboxylic acids is 1. The number of methoxy groups -OCH3 is 1. The summed E-state index contributed by atoms with van der Waals surface area (Å²) >= 11 is 0. The van der Waals surface area contributed by atoms with Crippen LogP contribution in [0.2, 0.25) is 0 Å². The molecule has 1 saturated heterocycles. The highest BCUT2D eigenvalue weighted by molar-refractivity contribution is 5.76. The summed E-state index contributed by atoms with van der Waals surface area (Å²) in [6.45, 7) is 6.18. The highest BCUT2D eigenvalue weighted by Gasteiger charge is 2.31. The number of hydrogen-bond donors (Lipinski definition) is 0. The molecule has 1 aromatic carbocycles. The molecule has 33 heavy (non-hydrogen) atoms. The van der Waals surface area contributed by atoms with Crippen molar-refractivity contribution in [3.05, 3.63) is 66.0 Å². The van der Waals surface area contributed by atoms with Crippen molar-refractivity contribution in [1.82, 2.24) is 14.9 Å². The average molecular weight is 448 g/mol. The summed E-state index contributed by atoms with van der Waals surface area (Å²) in [6, 6.07) is 11.5. The molecular formula is C26H29N3O4. The molecule has 1 aliphatic heterocycles. The maximum absolute atomic E-state index is 12.0. The lowest BCUT2D eigenvalue weighted by Crippen LogP contribution is -2.36. The van der Waals surface area contributed by atoms with Gasteiger partial charge in [0.1, 0.15) is 24.1 Å². The lowest BCUT2D eigenvalue weighted by molar-refractivity contribution is -0.146. The van der Waals surface area contributed by atoms with E-state index in [1.807, 2.05) is 62.5 Å². The first-order chi connectivity index (χ1) is 16.0. The second-order valence-electron chi connectivity index (χ2n) is 8.35. The van der Waals surface area contributed by atoms with E-state index in [0.29, 0.717) is 30.5 Å². The van der Waals surface area contributed by atoms with E-state index in [9.17, 15) is 4.79 Å². The summed E-state index contributed by atoms with van der Waals surface area (Å²) in [5.41, 5.74) is 3.84. The molecule has 0 bridgehead atoms. The van der Waals surface area contributed by atoms with E-state index in [4.69, 9.17) is 13.9 Å². The summed E-state index contributed by atoms with van der Waals surface area (Å²) in [4.78, 5) is 23.0. The molecule has 0 N–H and O–H groups in total. The monoisotopic (exact) mass is 447 g/mol. The van der Waals surface area contributed by atoms with Gasteiger partial charge in [-0.15, -0.1) is 0 Å². The van der Waals surface area contributed by atoms with Crippen LogP contribution in [0.5, 0.6) is 5.75 Å². The smallest absolute Gasteiger partial charge is 0.323 e. The van der Waals surface area contributed by atoms with Crippen molar-refractivity contribution < 1.29 is 18.7 Å². The zero-order chi connectivity index (χ0) is 23.2. The molecule has 1 atom stereocenters. The predicted octanol–water partition coefficient (Wildman–Crippen LogP) is 4.89. The Bertz CT molecular complexity index is 1100. The molecule has 1 fully saturated rings. The second-order valence-corrected chi connectivity index (χ2v) is 8.35. The fraction of sp³-hybridized carbons (Fsp3) is 0.346. The Morgan fingerprint density at radius 2 is 1.97 bits per heavy atom. The zero-order valence-electron chi connectivity index (χ0n) is 19.3. The Labute approximate surface area is 194 Å². The third-order valence-electron chi connectivity index (χ3n) is 5.65. The molecule has 0 saturated carbocycles. The van der Waals surface area contributed by atoms with E-state index in [1.165, 1.54) is 12.7 Å². The number of hydrogen-bond acceptors (Lipinski definition) is 7. The SMILES string of the molecule is COC(=O)[C@@H]1CCCN1Cc1ccc(-c2ncc(-c3ccc(OCC=C(C)C)cc3)o2)nc1. The standard InChI is InChI=1S/C26H29N3O4/c1-18(2)12-14-32-21-9-7-20(8-10-21)24-16-28-25(33-24)22-11-6-19(15-27-22)17-29-13-4-5-23(29)26(30)31-3/h6-12,15-16,23H,4-5,13-14,17H2,1-3H3/t23-/m0/s1. The number of esters is 1. The van der Waals surface area contributed by atoms with Crippen LogP contribution in [0.4, 0.5) is 0 Å². The minimum absolute atomic E-state index is 0.170. The Balaban J connectivity index is 1.39. The quantitative estimate of drug-likeness (QED) is 0.359. The van der Waals surface area contributed by atoms with E-state index in [1.54, 1.807) is 6.20 Å². The number of ether oxygens (including phenoxy) is 2. The van der Waals surface area contributed by atoms with Gasteiger partial charge in [0.2, 0.25) is 5.89 Å². The average Bonchev–Trinajstić information content (AvgIpc) is 3.49. The van der Waals surface area contributed by atoms with E-state index < -0.39 is 0 Å². The zero-order valence-corrected chi connectivity index (χ0v) is 19.3. The van der Waals surface area contributed by atoms with Gasteiger partial charge in [-0.3, -0.25) is 14.7 Å². The number of pyridine rings is 1. The lowest BCUT2D eigenvalue weighted by Gasteiger charge is -2.22. The number of aromatic nitrogens is 2. The second kappa shape index (κ2) is 10.4. The van der Waals surface area contributed by atoms with Crippen LogP contribution in [0.25, 0.3) is 22.9 Å². The molecule has 0 unspecified atom stereocenters. The normalized spacial score (nSPS) is 15.9. The van der Waals surface area contributed by atoms with Crippen molar-refractivity contribution in [1.29, 1.82) is 0 Å². The Morgan fingerprint density at radius 3 is 2.67 bits per heavy atom. The third-order valence-corrected chi connectivity index (χ3v) is 5.65. The molecule has 3 heterocycles. The largest absolute Gasteiger partial charge is 0.490 e. The Morgan fingerprint density at radius 1 is 1.15 bits per heavy atom. The number of rotatable bonds is 8. The van der Waals surface area contributed by atoms with Gasteiger partial charge in [-0.1, -0.05) is 11.6 Å². The van der Waals surface area contributed by atoms with Gasteiger partial charge < -0.3 is 13.9 Å². The first-order valence-electron chi connectivity index (χ1n) is 11.1. The molecule has 2 aromatic heterocycles. The summed E-state index contributed by atoms with van der Waals surface area (Å²) in [7, 11) is 1.44. The topological polar surface area (TPSA) is 77.7 Å². The van der Waals surface area contributed by atoms with Crippen molar-refractivity contribution in [2.45, 2.75) is 39.3 Å². The molecular weight excluding hydrogens is 418 g/mol. The molecule has 7 heteroatoms.